The number of pyridine rings is 1. The molecule has 0 N–H and O–H groups in total. The summed E-state index contributed by atoms with van der Waals surface area (Å²) in [7, 11) is -3.03. The van der Waals surface area contributed by atoms with E-state index in [1.54, 1.807) is 13.1 Å². The fourth-order valence-electron chi connectivity index (χ4n) is 3.23. The normalized spacial score (nSPS) is 20.4. The van der Waals surface area contributed by atoms with Gasteiger partial charge in [0.1, 0.15) is 6.07 Å². The van der Waals surface area contributed by atoms with Crippen molar-refractivity contribution in [3.05, 3.63) is 35.0 Å². The SMILES string of the molecule is Cc1cc(C)c2ncc(C#N)c(N3CCS(=O)(=O)[C@@H](C)C3)c2c1. The van der Waals surface area contributed by atoms with E-state index in [1.165, 1.54) is 0 Å². The van der Waals surface area contributed by atoms with Crippen molar-refractivity contribution in [3.8, 4) is 6.07 Å². The molecule has 0 saturated carbocycles. The van der Waals surface area contributed by atoms with Gasteiger partial charge < -0.3 is 4.90 Å². The molecule has 6 heteroatoms. The highest BCUT2D eigenvalue weighted by atomic mass is 32.2. The molecule has 5 nitrogen and oxygen atoms in total. The van der Waals surface area contributed by atoms with Gasteiger partial charge >= 0.3 is 0 Å². The molecule has 2 heterocycles. The van der Waals surface area contributed by atoms with Crippen LogP contribution in [-0.4, -0.2) is 37.5 Å². The van der Waals surface area contributed by atoms with Crippen LogP contribution in [0.5, 0.6) is 0 Å². The van der Waals surface area contributed by atoms with Gasteiger partial charge in [-0.1, -0.05) is 11.6 Å². The largest absolute Gasteiger partial charge is 0.368 e. The molecule has 0 unspecified atom stereocenters. The van der Waals surface area contributed by atoms with E-state index in [2.05, 4.69) is 17.1 Å². The average Bonchev–Trinajstić information content (AvgIpc) is 2.49. The summed E-state index contributed by atoms with van der Waals surface area (Å²) >= 11 is 0. The zero-order valence-electron chi connectivity index (χ0n) is 13.5. The molecule has 0 aliphatic carbocycles. The molecule has 0 amide bonds. The number of hydrogen-bond acceptors (Lipinski definition) is 5. The Balaban J connectivity index is 2.22. The minimum absolute atomic E-state index is 0.119. The minimum atomic E-state index is -3.03. The van der Waals surface area contributed by atoms with E-state index >= 15 is 0 Å². The quantitative estimate of drug-likeness (QED) is 0.803. The van der Waals surface area contributed by atoms with Crippen LogP contribution in [0.3, 0.4) is 0 Å². The topological polar surface area (TPSA) is 74.1 Å². The molecule has 120 valence electrons. The number of aryl methyl sites for hydroxylation is 2. The van der Waals surface area contributed by atoms with Gasteiger partial charge in [0, 0.05) is 24.7 Å². The van der Waals surface area contributed by atoms with Gasteiger partial charge in [0.05, 0.1) is 27.8 Å². The standard InChI is InChI=1S/C17H19N3O2S/c1-11-6-12(2)16-15(7-11)17(14(8-18)9-19-16)20-4-5-23(21,22)13(3)10-20/h6-7,9,13H,4-5,10H2,1-3H3/t13-/m0/s1. The third-order valence-corrected chi connectivity index (χ3v) is 6.58. The van der Waals surface area contributed by atoms with Crippen LogP contribution in [-0.2, 0) is 9.84 Å². The molecular formula is C17H19N3O2S. The fourth-order valence-corrected chi connectivity index (χ4v) is 4.51. The third-order valence-electron chi connectivity index (χ3n) is 4.45. The first-order valence-electron chi connectivity index (χ1n) is 7.60. The smallest absolute Gasteiger partial charge is 0.156 e. The molecule has 1 aromatic carbocycles. The summed E-state index contributed by atoms with van der Waals surface area (Å²) in [5, 5.41) is 9.97. The molecule has 3 rings (SSSR count). The second-order valence-electron chi connectivity index (χ2n) is 6.23. The second kappa shape index (κ2) is 5.50. The highest BCUT2D eigenvalue weighted by molar-refractivity contribution is 7.92. The van der Waals surface area contributed by atoms with Crippen molar-refractivity contribution in [1.82, 2.24) is 4.98 Å². The Labute approximate surface area is 136 Å². The van der Waals surface area contributed by atoms with Gasteiger partial charge in [-0.25, -0.2) is 8.42 Å². The number of sulfone groups is 1. The number of benzene rings is 1. The molecule has 2 aromatic rings. The van der Waals surface area contributed by atoms with E-state index in [0.29, 0.717) is 18.7 Å². The number of nitriles is 1. The van der Waals surface area contributed by atoms with Crippen LogP contribution in [0.25, 0.3) is 10.9 Å². The highest BCUT2D eigenvalue weighted by Crippen LogP contribution is 2.33. The van der Waals surface area contributed by atoms with Crippen LogP contribution in [0.1, 0.15) is 23.6 Å². The molecule has 0 radical (unpaired) electrons. The Morgan fingerprint density at radius 1 is 1.35 bits per heavy atom. The predicted molar refractivity (Wildman–Crippen MR) is 91.4 cm³/mol. The fraction of sp³-hybridized carbons (Fsp3) is 0.412. The van der Waals surface area contributed by atoms with E-state index in [9.17, 15) is 13.7 Å². The molecule has 0 spiro atoms. The molecule has 0 bridgehead atoms. The van der Waals surface area contributed by atoms with Crippen molar-refractivity contribution in [2.24, 2.45) is 0 Å². The van der Waals surface area contributed by atoms with Crippen molar-refractivity contribution in [1.29, 1.82) is 5.26 Å². The molecule has 1 fully saturated rings. The molecule has 1 aromatic heterocycles. The Morgan fingerprint density at radius 3 is 2.74 bits per heavy atom. The van der Waals surface area contributed by atoms with Crippen LogP contribution in [0, 0.1) is 25.2 Å². The zero-order chi connectivity index (χ0) is 16.8. The lowest BCUT2D eigenvalue weighted by Gasteiger charge is -2.34. The number of nitrogens with zero attached hydrogens (tertiary/aromatic N) is 3. The lowest BCUT2D eigenvalue weighted by Crippen LogP contribution is -2.46. The van der Waals surface area contributed by atoms with Gasteiger partial charge in [-0.15, -0.1) is 0 Å². The minimum Gasteiger partial charge on any atom is -0.368 e. The van der Waals surface area contributed by atoms with Crippen LogP contribution in [0.2, 0.25) is 0 Å². The summed E-state index contributed by atoms with van der Waals surface area (Å²) in [6.45, 7) is 6.56. The van der Waals surface area contributed by atoms with Crippen molar-refractivity contribution in [3.63, 3.8) is 0 Å². The molecule has 23 heavy (non-hydrogen) atoms. The summed E-state index contributed by atoms with van der Waals surface area (Å²) in [6, 6.07) is 6.30. The van der Waals surface area contributed by atoms with E-state index < -0.39 is 15.1 Å². The summed E-state index contributed by atoms with van der Waals surface area (Å²) in [6.07, 6.45) is 1.59. The van der Waals surface area contributed by atoms with Gasteiger partial charge in [0.2, 0.25) is 0 Å². The predicted octanol–water partition coefficient (Wildman–Crippen LogP) is 2.35. The number of rotatable bonds is 1. The van der Waals surface area contributed by atoms with Gasteiger partial charge in [0.15, 0.2) is 9.84 Å². The zero-order valence-corrected chi connectivity index (χ0v) is 14.3. The lowest BCUT2D eigenvalue weighted by molar-refractivity contribution is 0.569. The lowest BCUT2D eigenvalue weighted by atomic mass is 10.0. The Hall–Kier alpha value is -2.13. The maximum atomic E-state index is 12.0. The number of aromatic nitrogens is 1. The van der Waals surface area contributed by atoms with Gasteiger partial charge in [-0.3, -0.25) is 4.98 Å². The average molecular weight is 329 g/mol. The van der Waals surface area contributed by atoms with Crippen molar-refractivity contribution in [2.75, 3.05) is 23.7 Å². The molecule has 1 aliphatic rings. The summed E-state index contributed by atoms with van der Waals surface area (Å²) in [4.78, 5) is 6.45. The van der Waals surface area contributed by atoms with Gasteiger partial charge in [-0.05, 0) is 32.4 Å². The Morgan fingerprint density at radius 2 is 2.09 bits per heavy atom. The molecule has 1 saturated heterocycles. The first kappa shape index (κ1) is 15.8. The maximum absolute atomic E-state index is 12.0. The number of fused-ring (bicyclic) bond motifs is 1. The van der Waals surface area contributed by atoms with Crippen molar-refractivity contribution >= 4 is 26.4 Å². The summed E-state index contributed by atoms with van der Waals surface area (Å²) in [5.41, 5.74) is 4.33. The van der Waals surface area contributed by atoms with Crippen molar-refractivity contribution < 1.29 is 8.42 Å². The summed E-state index contributed by atoms with van der Waals surface area (Å²) < 4.78 is 24.0. The molecule has 1 aliphatic heterocycles. The molecule has 1 atom stereocenters. The highest BCUT2D eigenvalue weighted by Gasteiger charge is 2.31. The Bertz CT molecular complexity index is 929. The summed E-state index contributed by atoms with van der Waals surface area (Å²) in [5.74, 6) is 0.119. The van der Waals surface area contributed by atoms with Gasteiger partial charge in [0.25, 0.3) is 0 Å². The van der Waals surface area contributed by atoms with E-state index in [-0.39, 0.29) is 5.75 Å². The van der Waals surface area contributed by atoms with E-state index in [1.807, 2.05) is 24.8 Å². The maximum Gasteiger partial charge on any atom is 0.156 e. The van der Waals surface area contributed by atoms with E-state index in [0.717, 1.165) is 27.7 Å². The number of hydrogen-bond donors (Lipinski definition) is 0. The van der Waals surface area contributed by atoms with Gasteiger partial charge in [-0.2, -0.15) is 5.26 Å². The number of anilines is 1. The van der Waals surface area contributed by atoms with E-state index in [4.69, 9.17) is 0 Å². The Kier molecular flexibility index (Phi) is 3.77. The first-order valence-corrected chi connectivity index (χ1v) is 9.31. The third kappa shape index (κ3) is 2.66. The van der Waals surface area contributed by atoms with Crippen molar-refractivity contribution in [2.45, 2.75) is 26.0 Å². The molecular weight excluding hydrogens is 310 g/mol. The van der Waals surface area contributed by atoms with Crippen LogP contribution in [0.4, 0.5) is 5.69 Å². The van der Waals surface area contributed by atoms with Crippen LogP contribution in [0.15, 0.2) is 18.3 Å². The first-order chi connectivity index (χ1) is 10.8. The second-order valence-corrected chi connectivity index (χ2v) is 8.77. The van der Waals surface area contributed by atoms with Crippen LogP contribution >= 0.6 is 0 Å². The van der Waals surface area contributed by atoms with Crippen LogP contribution < -0.4 is 4.90 Å². The monoisotopic (exact) mass is 329 g/mol.